The SMILES string of the molecule is CC[C@@H]1Cc2c(F)cccc2CN1CC1CC2(CCCCC2)C1. The van der Waals surface area contributed by atoms with E-state index in [4.69, 9.17) is 0 Å². The lowest BCUT2D eigenvalue weighted by Gasteiger charge is -2.52. The Kier molecular flexibility index (Phi) is 4.21. The number of nitrogens with zero attached hydrogens (tertiary/aromatic N) is 1. The average Bonchev–Trinajstić information content (AvgIpc) is 2.54. The summed E-state index contributed by atoms with van der Waals surface area (Å²) in [5.74, 6) is 0.891. The van der Waals surface area contributed by atoms with Crippen LogP contribution in [0.2, 0.25) is 0 Å². The van der Waals surface area contributed by atoms with Gasteiger partial charge in [-0.05, 0) is 67.1 Å². The van der Waals surface area contributed by atoms with Crippen LogP contribution in [-0.2, 0) is 13.0 Å². The van der Waals surface area contributed by atoms with Crippen molar-refractivity contribution in [3.8, 4) is 0 Å². The minimum absolute atomic E-state index is 0.00500. The third kappa shape index (κ3) is 2.95. The van der Waals surface area contributed by atoms with Crippen LogP contribution in [0.4, 0.5) is 4.39 Å². The van der Waals surface area contributed by atoms with E-state index in [0.717, 1.165) is 36.3 Å². The van der Waals surface area contributed by atoms with Gasteiger partial charge >= 0.3 is 0 Å². The molecule has 2 fully saturated rings. The Bertz CT molecular complexity index is 553. The van der Waals surface area contributed by atoms with Crippen LogP contribution < -0.4 is 0 Å². The molecule has 3 aliphatic rings. The lowest BCUT2D eigenvalue weighted by atomic mass is 9.55. The van der Waals surface area contributed by atoms with Gasteiger partial charge in [-0.2, -0.15) is 0 Å². The van der Waals surface area contributed by atoms with Gasteiger partial charge in [0.25, 0.3) is 0 Å². The minimum atomic E-state index is 0.00500. The molecule has 2 saturated carbocycles. The Morgan fingerprint density at radius 2 is 1.96 bits per heavy atom. The van der Waals surface area contributed by atoms with Crippen molar-refractivity contribution < 1.29 is 4.39 Å². The van der Waals surface area contributed by atoms with E-state index in [1.807, 2.05) is 6.07 Å². The molecule has 1 aliphatic heterocycles. The Morgan fingerprint density at radius 3 is 2.70 bits per heavy atom. The molecule has 1 aromatic carbocycles. The summed E-state index contributed by atoms with van der Waals surface area (Å²) < 4.78 is 14.1. The first-order valence-corrected chi connectivity index (χ1v) is 9.69. The van der Waals surface area contributed by atoms with E-state index in [1.54, 1.807) is 6.07 Å². The summed E-state index contributed by atoms with van der Waals surface area (Å²) in [6, 6.07) is 6.15. The Labute approximate surface area is 140 Å². The van der Waals surface area contributed by atoms with Gasteiger partial charge in [-0.25, -0.2) is 4.39 Å². The third-order valence-corrected chi connectivity index (χ3v) is 6.87. The second-order valence-electron chi connectivity index (χ2n) is 8.41. The van der Waals surface area contributed by atoms with Crippen LogP contribution in [0.25, 0.3) is 0 Å². The zero-order valence-electron chi connectivity index (χ0n) is 14.5. The quantitative estimate of drug-likeness (QED) is 0.729. The molecule has 1 nitrogen and oxygen atoms in total. The van der Waals surface area contributed by atoms with Gasteiger partial charge in [0.15, 0.2) is 0 Å². The molecule has 1 atom stereocenters. The lowest BCUT2D eigenvalue weighted by molar-refractivity contribution is -0.0141. The van der Waals surface area contributed by atoms with Crippen LogP contribution in [0, 0.1) is 17.2 Å². The van der Waals surface area contributed by atoms with Crippen LogP contribution in [0.15, 0.2) is 18.2 Å². The second-order valence-corrected chi connectivity index (χ2v) is 8.41. The van der Waals surface area contributed by atoms with Crippen LogP contribution >= 0.6 is 0 Å². The smallest absolute Gasteiger partial charge is 0.126 e. The molecule has 0 unspecified atom stereocenters. The monoisotopic (exact) mass is 315 g/mol. The van der Waals surface area contributed by atoms with Gasteiger partial charge in [0.2, 0.25) is 0 Å². The fourth-order valence-electron chi connectivity index (χ4n) is 5.64. The number of hydrogen-bond donors (Lipinski definition) is 0. The average molecular weight is 315 g/mol. The molecule has 0 radical (unpaired) electrons. The molecule has 4 rings (SSSR count). The number of halogens is 1. The van der Waals surface area contributed by atoms with Crippen molar-refractivity contribution in [1.82, 2.24) is 4.90 Å². The topological polar surface area (TPSA) is 3.24 Å². The molecular formula is C21H30FN. The van der Waals surface area contributed by atoms with Crippen molar-refractivity contribution in [3.63, 3.8) is 0 Å². The van der Waals surface area contributed by atoms with E-state index in [2.05, 4.69) is 17.9 Å². The largest absolute Gasteiger partial charge is 0.296 e. The number of hydrogen-bond acceptors (Lipinski definition) is 1. The van der Waals surface area contributed by atoms with E-state index >= 15 is 0 Å². The van der Waals surface area contributed by atoms with Gasteiger partial charge in [-0.15, -0.1) is 0 Å². The van der Waals surface area contributed by atoms with Crippen molar-refractivity contribution in [3.05, 3.63) is 35.1 Å². The van der Waals surface area contributed by atoms with Crippen LogP contribution in [0.5, 0.6) is 0 Å². The molecule has 2 heteroatoms. The molecule has 126 valence electrons. The lowest BCUT2D eigenvalue weighted by Crippen LogP contribution is -2.48. The highest BCUT2D eigenvalue weighted by atomic mass is 19.1. The number of benzene rings is 1. The van der Waals surface area contributed by atoms with Crippen LogP contribution in [-0.4, -0.2) is 17.5 Å². The molecule has 0 bridgehead atoms. The first-order chi connectivity index (χ1) is 11.2. The number of rotatable bonds is 3. The summed E-state index contributed by atoms with van der Waals surface area (Å²) in [7, 11) is 0. The van der Waals surface area contributed by atoms with Gasteiger partial charge in [0.05, 0.1) is 0 Å². The highest BCUT2D eigenvalue weighted by molar-refractivity contribution is 5.31. The van der Waals surface area contributed by atoms with Crippen molar-refractivity contribution in [2.45, 2.75) is 77.3 Å². The molecule has 0 saturated heterocycles. The Balaban J connectivity index is 1.41. The fraction of sp³-hybridized carbons (Fsp3) is 0.714. The van der Waals surface area contributed by atoms with Crippen molar-refractivity contribution in [1.29, 1.82) is 0 Å². The highest BCUT2D eigenvalue weighted by Gasteiger charge is 2.45. The van der Waals surface area contributed by atoms with Gasteiger partial charge in [0.1, 0.15) is 5.82 Å². The maximum absolute atomic E-state index is 14.1. The fourth-order valence-corrected chi connectivity index (χ4v) is 5.64. The van der Waals surface area contributed by atoms with E-state index in [0.29, 0.717) is 6.04 Å². The molecule has 0 aromatic heterocycles. The molecule has 0 amide bonds. The predicted octanol–water partition coefficient (Wildman–Crippen LogP) is 5.32. The summed E-state index contributed by atoms with van der Waals surface area (Å²) in [5, 5.41) is 0. The maximum Gasteiger partial charge on any atom is 0.126 e. The van der Waals surface area contributed by atoms with Crippen LogP contribution in [0.3, 0.4) is 0 Å². The number of fused-ring (bicyclic) bond motifs is 1. The Morgan fingerprint density at radius 1 is 1.17 bits per heavy atom. The molecular weight excluding hydrogens is 285 g/mol. The zero-order valence-corrected chi connectivity index (χ0v) is 14.5. The summed E-state index contributed by atoms with van der Waals surface area (Å²) in [6.07, 6.45) is 12.3. The van der Waals surface area contributed by atoms with Gasteiger partial charge in [-0.3, -0.25) is 4.90 Å². The van der Waals surface area contributed by atoms with Crippen molar-refractivity contribution >= 4 is 0 Å². The molecule has 0 N–H and O–H groups in total. The first-order valence-electron chi connectivity index (χ1n) is 9.69. The standard InChI is InChI=1S/C21H30FN/c1-2-18-11-19-17(7-6-8-20(19)22)15-23(18)14-16-12-21(13-16)9-4-3-5-10-21/h6-8,16,18H,2-5,9-15H2,1H3/t18-/m1/s1. The van der Waals surface area contributed by atoms with E-state index < -0.39 is 0 Å². The van der Waals surface area contributed by atoms with E-state index in [9.17, 15) is 4.39 Å². The van der Waals surface area contributed by atoms with E-state index in [-0.39, 0.29) is 5.82 Å². The molecule has 1 spiro atoms. The summed E-state index contributed by atoms with van der Waals surface area (Å²) in [5.41, 5.74) is 2.93. The highest BCUT2D eigenvalue weighted by Crippen LogP contribution is 2.55. The van der Waals surface area contributed by atoms with Gasteiger partial charge in [-0.1, -0.05) is 38.3 Å². The molecule has 23 heavy (non-hydrogen) atoms. The summed E-state index contributed by atoms with van der Waals surface area (Å²) >= 11 is 0. The van der Waals surface area contributed by atoms with Gasteiger partial charge < -0.3 is 0 Å². The second kappa shape index (κ2) is 6.20. The third-order valence-electron chi connectivity index (χ3n) is 6.87. The summed E-state index contributed by atoms with van der Waals surface area (Å²) in [4.78, 5) is 2.65. The van der Waals surface area contributed by atoms with Crippen molar-refractivity contribution in [2.24, 2.45) is 11.3 Å². The van der Waals surface area contributed by atoms with Crippen LogP contribution in [0.1, 0.15) is 69.4 Å². The molecule has 1 heterocycles. The van der Waals surface area contributed by atoms with Crippen molar-refractivity contribution in [2.75, 3.05) is 6.54 Å². The maximum atomic E-state index is 14.1. The van der Waals surface area contributed by atoms with E-state index in [1.165, 1.54) is 57.1 Å². The molecule has 1 aromatic rings. The Hall–Kier alpha value is -0.890. The minimum Gasteiger partial charge on any atom is -0.296 e. The normalized spacial score (nSPS) is 27.7. The zero-order chi connectivity index (χ0) is 15.9. The predicted molar refractivity (Wildman–Crippen MR) is 92.8 cm³/mol. The first kappa shape index (κ1) is 15.6. The van der Waals surface area contributed by atoms with Gasteiger partial charge in [0, 0.05) is 19.1 Å². The molecule has 2 aliphatic carbocycles. The summed E-state index contributed by atoms with van der Waals surface area (Å²) in [6.45, 7) is 4.44.